The van der Waals surface area contributed by atoms with E-state index in [1.165, 1.54) is 126 Å². The van der Waals surface area contributed by atoms with Crippen LogP contribution in [0.25, 0.3) is 44.5 Å². The summed E-state index contributed by atoms with van der Waals surface area (Å²) in [6, 6.07) is 72.4. The maximum absolute atomic E-state index is 13.8. The summed E-state index contributed by atoms with van der Waals surface area (Å²) in [6.45, 7) is 23.6. The number of fused-ring (bicyclic) bond motifs is 4. The molecule has 150 heavy (non-hydrogen) atoms. The van der Waals surface area contributed by atoms with E-state index in [4.69, 9.17) is 9.47 Å². The summed E-state index contributed by atoms with van der Waals surface area (Å²) in [4.78, 5) is 20.7. The number of carbonyl (C=O) groups is 1. The Balaban J connectivity index is 0.000000136. The van der Waals surface area contributed by atoms with Crippen LogP contribution in [-0.2, 0) is 76.9 Å². The van der Waals surface area contributed by atoms with Crippen molar-refractivity contribution in [2.24, 2.45) is 21.1 Å². The summed E-state index contributed by atoms with van der Waals surface area (Å²) in [5, 5.41) is 38.7. The molecule has 34 heteroatoms. The number of ether oxygens (including phenoxy) is 2. The molecule has 8 aliphatic heterocycles. The van der Waals surface area contributed by atoms with E-state index in [-0.39, 0.29) is 119 Å². The quantitative estimate of drug-likeness (QED) is 0.0473. The topological polar surface area (TPSA) is 299 Å². The molecule has 0 bridgehead atoms. The van der Waals surface area contributed by atoms with Crippen molar-refractivity contribution < 1.29 is 76.4 Å². The molecular formula is C116H142F3N13O14S4. The number of aliphatic hydroxyl groups is 3. The minimum Gasteiger partial charge on any atom is -0.395 e. The Morgan fingerprint density at radius 3 is 1.09 bits per heavy atom. The molecular weight excluding hydrogens is 1980 g/mol. The second-order valence-corrected chi connectivity index (χ2v) is 49.0. The van der Waals surface area contributed by atoms with Crippen LogP contribution in [0.2, 0.25) is 0 Å². The number of halogens is 3. The van der Waals surface area contributed by atoms with Gasteiger partial charge in [0.25, 0.3) is 30.1 Å². The second-order valence-electron chi connectivity index (χ2n) is 41.5. The first-order valence-electron chi connectivity index (χ1n) is 52.2. The van der Waals surface area contributed by atoms with Gasteiger partial charge in [0.15, 0.2) is 15.1 Å². The van der Waals surface area contributed by atoms with Crippen molar-refractivity contribution in [3.8, 4) is 44.5 Å². The number of ketones is 1. The monoisotopic (exact) mass is 2130 g/mol. The van der Waals surface area contributed by atoms with Crippen molar-refractivity contribution in [1.29, 1.82) is 0 Å². The number of benzene rings is 9. The number of rotatable bonds is 24. The summed E-state index contributed by atoms with van der Waals surface area (Å²) in [6.07, 6.45) is 3.16. The molecule has 12 atom stereocenters. The third kappa shape index (κ3) is 22.5. The lowest BCUT2D eigenvalue weighted by Crippen LogP contribution is -2.68. The van der Waals surface area contributed by atoms with Gasteiger partial charge < -0.3 is 29.4 Å². The number of sulfonamides is 4. The molecule has 20 rings (SSSR count). The molecule has 27 nitrogen and oxygen atoms in total. The highest BCUT2D eigenvalue weighted by Gasteiger charge is 2.56. The van der Waals surface area contributed by atoms with Gasteiger partial charge in [0.1, 0.15) is 6.61 Å². The number of hydrogen-bond acceptors (Lipinski definition) is 20. The zero-order valence-electron chi connectivity index (χ0n) is 88.0. The number of aromatic nitrogens is 5. The number of carbonyl (C=O) groups excluding carboxylic acids is 1. The Hall–Kier alpha value is -10.6. The molecule has 11 heterocycles. The molecule has 3 aromatic heterocycles. The van der Waals surface area contributed by atoms with Crippen LogP contribution in [0.4, 0.5) is 13.2 Å². The molecule has 800 valence electrons. The number of nitrogens with zero attached hydrogens (tertiary/aromatic N) is 13. The third-order valence-corrected chi connectivity index (χ3v) is 40.5. The number of methoxy groups -OCH3 is 2. The number of Topliss-reactive ketones (excluding diaryl/α,β-unsaturated/α-hetero) is 1. The van der Waals surface area contributed by atoms with Crippen LogP contribution in [0.3, 0.4) is 0 Å². The molecule has 8 saturated heterocycles. The molecule has 0 aliphatic carbocycles. The Bertz CT molecular complexity index is 7260. The summed E-state index contributed by atoms with van der Waals surface area (Å²) < 4.78 is 172. The molecule has 0 amide bonds. The lowest BCUT2D eigenvalue weighted by atomic mass is 9.74. The largest absolute Gasteiger partial charge is 0.417 e. The standard InChI is InChI=1S/C30H33F3N2O3S.C30H37N3O5S.2C28H36N4O3S/c1-21-8-7-9-24(18-21)22-12-14-23(15-13-22)29-26-19-34(16-5-6-17-35(26)27(29)20-38-2)39(36,37)28-11-4-3-10-25(28)30(31,32)33;1-20-7-6-8-24(21(20)2)22-9-11-23(12-10-22)30-26-17-32(15-4-5-16-33(26)27(30)18-34)39(37,38)29-14-13-25(31(29)3)28(36)19-35;1-20-8-7-9-24(21(20)2)22-10-12-23(13-11-22)28-25-18-31(36(33,34)27-14-15-29-30(27)3)16-5-6-17-32(25)26(28)19-35-4;1-19-8-7-9-24(21(19)3)22-10-12-23(13-11-22)28-25-17-31(14-5-6-15-32(25)26(28)18-33)36(34,35)27-16-20(2)29-30(27)4/h3-4,7-15,18,26-27,29H,5-6,16-17,19-20H2,1-2H3;6-14,26-27,30,34-35H,4-5,15-19H2,1-3H3;7-15,25-26,28H,5-6,16-19H2,1-4H3;7-13,16,25-26,28,33H,5-6,14-15,17-18H2,1-4H3/t26-,27+,29-;26-,27+,30-;2*25-,26+,28-/m0000/s1. The van der Waals surface area contributed by atoms with E-state index >= 15 is 0 Å². The van der Waals surface area contributed by atoms with Crippen molar-refractivity contribution in [2.45, 2.75) is 205 Å². The van der Waals surface area contributed by atoms with Gasteiger partial charge in [-0.05, 0) is 269 Å². The fourth-order valence-electron chi connectivity index (χ4n) is 24.4. The van der Waals surface area contributed by atoms with Crippen molar-refractivity contribution in [2.75, 3.05) is 126 Å². The molecule has 0 spiro atoms. The van der Waals surface area contributed by atoms with Crippen LogP contribution in [0, 0.1) is 55.4 Å². The predicted molar refractivity (Wildman–Crippen MR) is 578 cm³/mol. The van der Waals surface area contributed by atoms with Crippen LogP contribution in [-0.4, -0.2) is 290 Å². The van der Waals surface area contributed by atoms with Gasteiger partial charge in [-0.1, -0.05) is 194 Å². The minimum atomic E-state index is -4.76. The molecule has 0 unspecified atom stereocenters. The van der Waals surface area contributed by atoms with Crippen molar-refractivity contribution in [3.05, 3.63) is 309 Å². The fourth-order valence-corrected chi connectivity index (χ4v) is 31.0. The maximum atomic E-state index is 13.8. The van der Waals surface area contributed by atoms with Crippen LogP contribution in [0.5, 0.6) is 0 Å². The molecule has 12 aromatic rings. The normalized spacial score (nSPS) is 23.1. The second kappa shape index (κ2) is 46.8. The highest BCUT2D eigenvalue weighted by atomic mass is 32.2. The van der Waals surface area contributed by atoms with Crippen LogP contribution in [0.1, 0.15) is 158 Å². The molecule has 9 aromatic carbocycles. The van der Waals surface area contributed by atoms with Gasteiger partial charge in [-0.15, -0.1) is 0 Å². The average molecular weight is 2130 g/mol. The lowest BCUT2D eigenvalue weighted by molar-refractivity contribution is -0.140. The van der Waals surface area contributed by atoms with Gasteiger partial charge >= 0.3 is 6.18 Å². The highest BCUT2D eigenvalue weighted by Crippen LogP contribution is 2.50. The van der Waals surface area contributed by atoms with Gasteiger partial charge in [-0.25, -0.2) is 33.7 Å². The third-order valence-electron chi connectivity index (χ3n) is 32.8. The Morgan fingerprint density at radius 2 is 0.733 bits per heavy atom. The SMILES string of the molecule is COC[C@@H]1[C@@H](c2ccc(-c3cccc(C)c3)cc2)[C@@H]2CN(S(=O)(=O)c3ccccc3C(F)(F)F)CCCCN12.COC[C@@H]1[C@@H](c2ccc(-c3cccc(C)c3C)cc2)[C@@H]2CN(S(=O)(=O)c3ccnn3C)CCCCN12.Cc1cc(S(=O)(=O)N2CCCCN3[C@H](CO)[C@@H](c4ccc(-c5cccc(C)c5C)cc4)[C@@H]3C2)n(C)n1.Cc1cccc(-c2ccc([C@@H]3[C@@H](CO)N4CCCCN(S(=O)(=O)c5ccc(C(=O)CO)n5C)C[C@@H]34)cc2)c1C. The number of hydrogen-bond donors (Lipinski definition) is 3. The smallest absolute Gasteiger partial charge is 0.395 e. The van der Waals surface area contributed by atoms with Gasteiger partial charge in [0, 0.05) is 160 Å². The van der Waals surface area contributed by atoms with Gasteiger partial charge in [0.05, 0.1) is 54.5 Å². The number of aliphatic hydroxyl groups excluding tert-OH is 3. The van der Waals surface area contributed by atoms with E-state index < -0.39 is 69.1 Å². The maximum Gasteiger partial charge on any atom is 0.417 e. The van der Waals surface area contributed by atoms with E-state index in [0.29, 0.717) is 71.0 Å². The van der Waals surface area contributed by atoms with E-state index in [0.717, 1.165) is 110 Å². The Labute approximate surface area is 882 Å². The Morgan fingerprint density at radius 1 is 0.373 bits per heavy atom. The van der Waals surface area contributed by atoms with Crippen LogP contribution >= 0.6 is 0 Å². The van der Waals surface area contributed by atoms with Crippen molar-refractivity contribution in [3.63, 3.8) is 0 Å². The summed E-state index contributed by atoms with van der Waals surface area (Å²) in [7, 11) is -7.24. The van der Waals surface area contributed by atoms with E-state index in [2.05, 4.69) is 248 Å². The van der Waals surface area contributed by atoms with E-state index in [9.17, 15) is 67.0 Å². The van der Waals surface area contributed by atoms with Crippen LogP contribution in [0.15, 0.2) is 251 Å². The highest BCUT2D eigenvalue weighted by molar-refractivity contribution is 7.90. The Kier molecular flexibility index (Phi) is 34.5. The molecule has 0 saturated carbocycles. The average Bonchev–Trinajstić information content (AvgIpc) is 0.874. The molecule has 8 fully saturated rings. The minimum absolute atomic E-state index is 0.00148. The van der Waals surface area contributed by atoms with Crippen LogP contribution < -0.4 is 0 Å². The first-order valence-corrected chi connectivity index (χ1v) is 57.9. The molecule has 3 N–H and O–H groups in total. The van der Waals surface area contributed by atoms with E-state index in [1.807, 2.05) is 13.0 Å². The van der Waals surface area contributed by atoms with E-state index in [1.54, 1.807) is 55.3 Å². The summed E-state index contributed by atoms with van der Waals surface area (Å²) >= 11 is 0. The zero-order valence-corrected chi connectivity index (χ0v) is 91.2. The molecule has 0 radical (unpaired) electrons. The molecule has 8 aliphatic rings. The number of aryl methyl sites for hydroxylation is 7. The summed E-state index contributed by atoms with van der Waals surface area (Å²) in [5.74, 6) is -0.248. The zero-order chi connectivity index (χ0) is 107. The van der Waals surface area contributed by atoms with Crippen molar-refractivity contribution in [1.82, 2.24) is 60.9 Å². The first kappa shape index (κ1) is 111. The predicted octanol–water partition coefficient (Wildman–Crippen LogP) is 16.6. The summed E-state index contributed by atoms with van der Waals surface area (Å²) in [5.41, 5.74) is 22.5. The lowest BCUT2D eigenvalue weighted by Gasteiger charge is -2.57. The first-order chi connectivity index (χ1) is 71.8. The van der Waals surface area contributed by atoms with Gasteiger partial charge in [-0.3, -0.25) is 33.8 Å². The fraction of sp³-hybridized carbons (Fsp3) is 0.440. The van der Waals surface area contributed by atoms with Gasteiger partial charge in [-0.2, -0.15) is 40.6 Å². The van der Waals surface area contributed by atoms with Gasteiger partial charge in [0.2, 0.25) is 15.8 Å². The number of alkyl halides is 3. The van der Waals surface area contributed by atoms with Crippen molar-refractivity contribution >= 4 is 45.9 Å².